The summed E-state index contributed by atoms with van der Waals surface area (Å²) in [6.07, 6.45) is -5.42. The van der Waals surface area contributed by atoms with E-state index in [1.165, 1.54) is 0 Å². The third kappa shape index (κ3) is 7.97. The molecule has 0 amide bonds. The number of hydrogen-bond acceptors (Lipinski definition) is 15. The van der Waals surface area contributed by atoms with Gasteiger partial charge in [-0.1, -0.05) is 0 Å². The van der Waals surface area contributed by atoms with Crippen molar-refractivity contribution in [2.45, 2.75) is 24.5 Å². The van der Waals surface area contributed by atoms with Crippen LogP contribution in [0.5, 0.6) is 0 Å². The van der Waals surface area contributed by atoms with E-state index < -0.39 is 60.2 Å². The number of ether oxygens (including phenoxy) is 1. The molecular formula is C10H14N5Na2O14P3. The van der Waals surface area contributed by atoms with Gasteiger partial charge in [-0.05, 0) is 0 Å². The molecule has 19 nitrogen and oxygen atoms in total. The van der Waals surface area contributed by atoms with Crippen molar-refractivity contribution in [3.63, 3.8) is 0 Å². The number of imidazole rings is 1. The van der Waals surface area contributed by atoms with Gasteiger partial charge in [0.25, 0.3) is 5.56 Å². The van der Waals surface area contributed by atoms with Crippen LogP contribution in [0.1, 0.15) is 6.23 Å². The van der Waals surface area contributed by atoms with Crippen molar-refractivity contribution < 1.29 is 120 Å². The van der Waals surface area contributed by atoms with E-state index in [0.29, 0.717) is 0 Å². The zero-order valence-electron chi connectivity index (χ0n) is 17.2. The molecule has 6 atom stereocenters. The third-order valence-electron chi connectivity index (χ3n) is 3.87. The number of nitrogens with two attached hydrogens (primary N) is 1. The van der Waals surface area contributed by atoms with Gasteiger partial charge in [0.2, 0.25) is 5.95 Å². The molecule has 1 fully saturated rings. The monoisotopic (exact) mass is 567 g/mol. The number of nitrogens with zero attached hydrogens (tertiary/aromatic N) is 3. The van der Waals surface area contributed by atoms with Crippen molar-refractivity contribution in [1.29, 1.82) is 0 Å². The molecule has 2 aromatic heterocycles. The SMILES string of the molecule is Nc1nc2c(ncn2[C@@H]2O[C@H](COP(=O)(O)OP(=O)(O)OP(=O)([O-])[O-])[C@H](O)C2O)c(=O)[nH]1.[Na+].[Na+]. The molecular weight excluding hydrogens is 553 g/mol. The molecule has 0 radical (unpaired) electrons. The molecule has 7 N–H and O–H groups in total. The number of aromatic amines is 1. The molecule has 24 heteroatoms. The maximum absolute atomic E-state index is 11.8. The predicted molar refractivity (Wildman–Crippen MR) is 93.9 cm³/mol. The van der Waals surface area contributed by atoms with Crippen molar-refractivity contribution in [2.24, 2.45) is 0 Å². The number of hydrogen-bond donors (Lipinski definition) is 6. The summed E-state index contributed by atoms with van der Waals surface area (Å²) in [5, 5.41) is 20.4. The minimum absolute atomic E-state index is 0. The van der Waals surface area contributed by atoms with E-state index in [4.69, 9.17) is 15.4 Å². The molecule has 34 heavy (non-hydrogen) atoms. The van der Waals surface area contributed by atoms with Crippen LogP contribution in [0.2, 0.25) is 0 Å². The van der Waals surface area contributed by atoms with Gasteiger partial charge in [-0.2, -0.15) is 9.29 Å². The Morgan fingerprint density at radius 1 is 1.15 bits per heavy atom. The Labute approximate surface area is 232 Å². The predicted octanol–water partition coefficient (Wildman–Crippen LogP) is -9.59. The van der Waals surface area contributed by atoms with Crippen LogP contribution in [0.25, 0.3) is 11.2 Å². The summed E-state index contributed by atoms with van der Waals surface area (Å²) in [7, 11) is -17.5. The smallest absolute Gasteiger partial charge is 0.789 e. The fourth-order valence-electron chi connectivity index (χ4n) is 2.69. The molecule has 2 aromatic rings. The van der Waals surface area contributed by atoms with Crippen molar-refractivity contribution in [2.75, 3.05) is 12.3 Å². The van der Waals surface area contributed by atoms with E-state index in [0.717, 1.165) is 10.9 Å². The summed E-state index contributed by atoms with van der Waals surface area (Å²) in [6.45, 7) is -1.04. The van der Waals surface area contributed by atoms with Crippen LogP contribution in [0.15, 0.2) is 11.1 Å². The first kappa shape index (κ1) is 32.5. The number of H-pyrrole nitrogens is 1. The minimum atomic E-state index is -6.07. The summed E-state index contributed by atoms with van der Waals surface area (Å²) in [5.41, 5.74) is 4.46. The Morgan fingerprint density at radius 3 is 2.35 bits per heavy atom. The standard InChI is InChI=1S/C10H16N5O14P3.2Na/c11-10-13-7-4(8(18)14-10)12-2-15(7)9-6(17)5(16)3(27-9)1-26-31(22,23)29-32(24,25)28-30(19,20)21;;/h2-3,5-6,9,16-17H,1H2,(H,22,23)(H,24,25)(H2,19,20,21)(H3,11,13,14,18);;/q;2*+1/p-2/t3-,5+,6?,9-;;/m1../s1. The molecule has 0 aromatic carbocycles. The van der Waals surface area contributed by atoms with Gasteiger partial charge in [0.1, 0.15) is 18.3 Å². The minimum Gasteiger partial charge on any atom is -0.789 e. The van der Waals surface area contributed by atoms with Gasteiger partial charge in [0.15, 0.2) is 17.4 Å². The summed E-state index contributed by atoms with van der Waals surface area (Å²) in [4.78, 5) is 60.9. The van der Waals surface area contributed by atoms with Gasteiger partial charge >= 0.3 is 74.8 Å². The Morgan fingerprint density at radius 2 is 1.76 bits per heavy atom. The van der Waals surface area contributed by atoms with Crippen LogP contribution < -0.4 is 80.2 Å². The first-order valence-electron chi connectivity index (χ1n) is 8.07. The quantitative estimate of drug-likeness (QED) is 0.127. The van der Waals surface area contributed by atoms with Crippen molar-refractivity contribution in [3.05, 3.63) is 16.7 Å². The third-order valence-corrected chi connectivity index (χ3v) is 7.63. The van der Waals surface area contributed by atoms with Crippen molar-refractivity contribution in [3.8, 4) is 0 Å². The molecule has 1 aliphatic rings. The van der Waals surface area contributed by atoms with E-state index in [1.807, 2.05) is 0 Å². The summed E-state index contributed by atoms with van der Waals surface area (Å²) < 4.78 is 50.9. The van der Waals surface area contributed by atoms with Crippen LogP contribution >= 0.6 is 23.5 Å². The van der Waals surface area contributed by atoms with Crippen molar-refractivity contribution in [1.82, 2.24) is 19.5 Å². The first-order chi connectivity index (χ1) is 14.6. The number of aromatic nitrogens is 4. The van der Waals surface area contributed by atoms with Gasteiger partial charge in [-0.3, -0.25) is 23.2 Å². The first-order valence-corrected chi connectivity index (χ1v) is 12.5. The molecule has 180 valence electrons. The number of nitrogens with one attached hydrogen (secondary N) is 1. The van der Waals surface area contributed by atoms with Crippen LogP contribution in [-0.2, 0) is 31.6 Å². The number of aliphatic hydroxyl groups excluding tert-OH is 2. The molecule has 0 aliphatic carbocycles. The van der Waals surface area contributed by atoms with Gasteiger partial charge in [0.05, 0.1) is 20.8 Å². The summed E-state index contributed by atoms with van der Waals surface area (Å²) in [5.74, 6) is -0.285. The van der Waals surface area contributed by atoms with Crippen LogP contribution in [-0.4, -0.2) is 64.4 Å². The Balaban J connectivity index is 0.00000289. The number of nitrogen functional groups attached to an aromatic ring is 1. The summed E-state index contributed by atoms with van der Waals surface area (Å²) >= 11 is 0. The molecule has 3 rings (SSSR count). The van der Waals surface area contributed by atoms with E-state index >= 15 is 0 Å². The Hall–Kier alpha value is 0.440. The van der Waals surface area contributed by atoms with E-state index in [9.17, 15) is 43.4 Å². The van der Waals surface area contributed by atoms with Gasteiger partial charge in [0, 0.05) is 0 Å². The zero-order chi connectivity index (χ0) is 24.1. The molecule has 1 aliphatic heterocycles. The average molecular weight is 567 g/mol. The zero-order valence-corrected chi connectivity index (χ0v) is 23.9. The van der Waals surface area contributed by atoms with Crippen LogP contribution in [0.4, 0.5) is 5.95 Å². The number of rotatable bonds is 8. The van der Waals surface area contributed by atoms with Crippen molar-refractivity contribution >= 4 is 40.6 Å². The second kappa shape index (κ2) is 11.9. The van der Waals surface area contributed by atoms with Gasteiger partial charge in [-0.15, -0.1) is 0 Å². The Bertz CT molecular complexity index is 1220. The normalized spacial score (nSPS) is 26.3. The number of phosphoric acid groups is 3. The second-order valence-corrected chi connectivity index (χ2v) is 10.5. The molecule has 1 saturated heterocycles. The topological polar surface area (TPSA) is 305 Å². The molecule has 3 heterocycles. The number of fused-ring (bicyclic) bond motifs is 1. The molecule has 0 bridgehead atoms. The number of phosphoric ester groups is 1. The van der Waals surface area contributed by atoms with Gasteiger partial charge in [-0.25, -0.2) is 14.1 Å². The van der Waals surface area contributed by atoms with E-state index in [1.54, 1.807) is 0 Å². The van der Waals surface area contributed by atoms with E-state index in [2.05, 4.69) is 28.1 Å². The Kier molecular flexibility index (Phi) is 11.3. The second-order valence-electron chi connectivity index (χ2n) is 6.16. The molecule has 0 spiro atoms. The van der Waals surface area contributed by atoms with Crippen LogP contribution in [0, 0.1) is 0 Å². The number of aliphatic hydroxyl groups is 2. The number of anilines is 1. The van der Waals surface area contributed by atoms with E-state index in [-0.39, 0.29) is 76.2 Å². The largest absolute Gasteiger partial charge is 1.00 e. The maximum Gasteiger partial charge on any atom is 1.00 e. The average Bonchev–Trinajstić information content (AvgIpc) is 3.12. The summed E-state index contributed by atoms with van der Waals surface area (Å²) in [6, 6.07) is 0. The van der Waals surface area contributed by atoms with Gasteiger partial charge < -0.3 is 44.8 Å². The van der Waals surface area contributed by atoms with Crippen LogP contribution in [0.3, 0.4) is 0 Å². The fourth-order valence-corrected chi connectivity index (χ4v) is 5.65. The fraction of sp³-hybridized carbons (Fsp3) is 0.500. The molecule has 3 unspecified atom stereocenters. The molecule has 0 saturated carbocycles. The maximum atomic E-state index is 11.8.